The number of aryl methyl sites for hydroxylation is 1. The van der Waals surface area contributed by atoms with Gasteiger partial charge in [0, 0.05) is 37.4 Å². The van der Waals surface area contributed by atoms with Crippen molar-refractivity contribution in [2.75, 3.05) is 36.4 Å². The summed E-state index contributed by atoms with van der Waals surface area (Å²) in [6.45, 7) is 7.17. The lowest BCUT2D eigenvalue weighted by Gasteiger charge is -2.37. The summed E-state index contributed by atoms with van der Waals surface area (Å²) >= 11 is 0. The largest absolute Gasteiger partial charge is 0.353 e. The fourth-order valence-corrected chi connectivity index (χ4v) is 4.53. The number of rotatable bonds is 2. The molecule has 0 unspecified atom stereocenters. The van der Waals surface area contributed by atoms with Crippen LogP contribution >= 0.6 is 0 Å². The van der Waals surface area contributed by atoms with E-state index in [9.17, 15) is 4.79 Å². The third kappa shape index (κ3) is 3.46. The second-order valence-corrected chi connectivity index (χ2v) is 8.45. The molecule has 2 aromatic heterocycles. The predicted molar refractivity (Wildman–Crippen MR) is 116 cm³/mol. The van der Waals surface area contributed by atoms with Gasteiger partial charge in [0.1, 0.15) is 12.1 Å². The van der Waals surface area contributed by atoms with E-state index in [0.29, 0.717) is 24.8 Å². The van der Waals surface area contributed by atoms with Crippen LogP contribution in [-0.2, 0) is 12.8 Å². The Morgan fingerprint density at radius 2 is 2.03 bits per heavy atom. The number of anilines is 2. The van der Waals surface area contributed by atoms with Gasteiger partial charge in [-0.05, 0) is 49.8 Å². The fraction of sp³-hybridized carbons (Fsp3) is 0.455. The topological polar surface area (TPSA) is 78.7 Å². The first-order valence-corrected chi connectivity index (χ1v) is 10.7. The first kappa shape index (κ1) is 18.8. The maximum atomic E-state index is 12.7. The van der Waals surface area contributed by atoms with Crippen LogP contribution in [0, 0.1) is 12.8 Å². The summed E-state index contributed by atoms with van der Waals surface area (Å²) in [5.74, 6) is 2.42. The van der Waals surface area contributed by atoms with Gasteiger partial charge in [-0.15, -0.1) is 0 Å². The minimum absolute atomic E-state index is 0.0447. The van der Waals surface area contributed by atoms with Crippen molar-refractivity contribution in [3.63, 3.8) is 0 Å². The van der Waals surface area contributed by atoms with Crippen LogP contribution in [0.1, 0.15) is 30.2 Å². The highest BCUT2D eigenvalue weighted by Crippen LogP contribution is 2.32. The van der Waals surface area contributed by atoms with E-state index in [2.05, 4.69) is 27.2 Å². The SMILES string of the molecule is Cc1cccc(NC(=O)N2CCN(c3c4c(nc5ncnn35)C[C@H](C)CC4)CC2)c1. The maximum Gasteiger partial charge on any atom is 0.321 e. The molecular formula is C22H27N7O. The number of hydrogen-bond donors (Lipinski definition) is 1. The van der Waals surface area contributed by atoms with Gasteiger partial charge in [0.05, 0.1) is 5.69 Å². The molecule has 1 aromatic carbocycles. The maximum absolute atomic E-state index is 12.7. The van der Waals surface area contributed by atoms with Gasteiger partial charge in [-0.3, -0.25) is 0 Å². The molecule has 0 spiro atoms. The Hall–Kier alpha value is -3.16. The zero-order chi connectivity index (χ0) is 20.7. The molecule has 0 radical (unpaired) electrons. The molecule has 156 valence electrons. The molecule has 8 nitrogen and oxygen atoms in total. The number of carbonyl (C=O) groups excluding carboxylic acids is 1. The molecule has 3 aromatic rings. The molecule has 1 atom stereocenters. The number of piperazine rings is 1. The standard InChI is InChI=1S/C22H27N7O/c1-15-4-3-5-17(12-15)25-22(30)28-10-8-27(9-11-28)20-18-7-6-16(2)13-19(18)26-21-23-14-24-29(20)21/h3-5,12,14,16H,6-11,13H2,1-2H3,(H,25,30)/t16-/m1/s1. The summed E-state index contributed by atoms with van der Waals surface area (Å²) in [5.41, 5.74) is 4.42. The highest BCUT2D eigenvalue weighted by Gasteiger charge is 2.29. The second kappa shape index (κ2) is 7.59. The van der Waals surface area contributed by atoms with Crippen molar-refractivity contribution < 1.29 is 4.79 Å². The van der Waals surface area contributed by atoms with Crippen LogP contribution in [0.25, 0.3) is 5.78 Å². The van der Waals surface area contributed by atoms with Gasteiger partial charge in [-0.2, -0.15) is 14.6 Å². The van der Waals surface area contributed by atoms with Gasteiger partial charge in [-0.1, -0.05) is 19.1 Å². The number of aromatic nitrogens is 4. The molecule has 1 fully saturated rings. The molecule has 1 aliphatic heterocycles. The number of nitrogens with zero attached hydrogens (tertiary/aromatic N) is 6. The fourth-order valence-electron chi connectivity index (χ4n) is 4.53. The second-order valence-electron chi connectivity index (χ2n) is 8.45. The van der Waals surface area contributed by atoms with E-state index in [1.54, 1.807) is 6.33 Å². The molecule has 2 aliphatic rings. The zero-order valence-electron chi connectivity index (χ0n) is 17.5. The third-order valence-corrected chi connectivity index (χ3v) is 6.15. The Morgan fingerprint density at radius 3 is 2.83 bits per heavy atom. The number of fused-ring (bicyclic) bond motifs is 2. The van der Waals surface area contributed by atoms with Crippen molar-refractivity contribution in [3.8, 4) is 0 Å². The number of carbonyl (C=O) groups is 1. The Bertz CT molecular complexity index is 1080. The molecular weight excluding hydrogens is 378 g/mol. The summed E-state index contributed by atoms with van der Waals surface area (Å²) in [6.07, 6.45) is 4.75. The molecule has 1 aliphatic carbocycles. The van der Waals surface area contributed by atoms with E-state index in [0.717, 1.165) is 48.7 Å². The molecule has 2 amide bonds. The van der Waals surface area contributed by atoms with Crippen molar-refractivity contribution >= 4 is 23.3 Å². The highest BCUT2D eigenvalue weighted by molar-refractivity contribution is 5.89. The molecule has 0 saturated carbocycles. The van der Waals surface area contributed by atoms with E-state index in [-0.39, 0.29) is 6.03 Å². The summed E-state index contributed by atoms with van der Waals surface area (Å²) in [5, 5.41) is 7.47. The Morgan fingerprint density at radius 1 is 1.20 bits per heavy atom. The van der Waals surface area contributed by atoms with E-state index >= 15 is 0 Å². The molecule has 3 heterocycles. The number of amides is 2. The van der Waals surface area contributed by atoms with Crippen molar-refractivity contribution in [2.24, 2.45) is 5.92 Å². The minimum Gasteiger partial charge on any atom is -0.353 e. The van der Waals surface area contributed by atoms with E-state index in [1.807, 2.05) is 40.6 Å². The molecule has 8 heteroatoms. The Labute approximate surface area is 175 Å². The molecule has 1 N–H and O–H groups in total. The van der Waals surface area contributed by atoms with Crippen LogP contribution in [0.2, 0.25) is 0 Å². The first-order chi connectivity index (χ1) is 14.6. The van der Waals surface area contributed by atoms with Crippen LogP contribution in [0.3, 0.4) is 0 Å². The normalized spacial score (nSPS) is 19.1. The smallest absolute Gasteiger partial charge is 0.321 e. The van der Waals surface area contributed by atoms with Crippen LogP contribution < -0.4 is 10.2 Å². The van der Waals surface area contributed by atoms with E-state index in [4.69, 9.17) is 4.98 Å². The first-order valence-electron chi connectivity index (χ1n) is 10.7. The molecule has 1 saturated heterocycles. The van der Waals surface area contributed by atoms with Gasteiger partial charge in [0.2, 0.25) is 0 Å². The van der Waals surface area contributed by atoms with Crippen molar-refractivity contribution in [1.29, 1.82) is 0 Å². The lowest BCUT2D eigenvalue weighted by molar-refractivity contribution is 0.208. The van der Waals surface area contributed by atoms with Gasteiger partial charge < -0.3 is 15.1 Å². The molecule has 5 rings (SSSR count). The molecule has 30 heavy (non-hydrogen) atoms. The van der Waals surface area contributed by atoms with Gasteiger partial charge in [0.15, 0.2) is 0 Å². The van der Waals surface area contributed by atoms with Gasteiger partial charge >= 0.3 is 6.03 Å². The van der Waals surface area contributed by atoms with Crippen molar-refractivity contribution in [1.82, 2.24) is 24.5 Å². The van der Waals surface area contributed by atoms with Gasteiger partial charge in [-0.25, -0.2) is 9.78 Å². The quantitative estimate of drug-likeness (QED) is 0.709. The van der Waals surface area contributed by atoms with Crippen molar-refractivity contribution in [3.05, 3.63) is 47.4 Å². The summed E-state index contributed by atoms with van der Waals surface area (Å²) in [7, 11) is 0. The zero-order valence-corrected chi connectivity index (χ0v) is 17.5. The summed E-state index contributed by atoms with van der Waals surface area (Å²) in [6, 6.07) is 7.85. The van der Waals surface area contributed by atoms with E-state index in [1.165, 1.54) is 12.0 Å². The lowest BCUT2D eigenvalue weighted by atomic mass is 9.88. The monoisotopic (exact) mass is 405 g/mol. The van der Waals surface area contributed by atoms with Crippen molar-refractivity contribution in [2.45, 2.75) is 33.1 Å². The number of benzene rings is 1. The summed E-state index contributed by atoms with van der Waals surface area (Å²) in [4.78, 5) is 26.1. The van der Waals surface area contributed by atoms with E-state index < -0.39 is 0 Å². The summed E-state index contributed by atoms with van der Waals surface area (Å²) < 4.78 is 1.87. The van der Waals surface area contributed by atoms with Crippen LogP contribution in [0.5, 0.6) is 0 Å². The average molecular weight is 406 g/mol. The Balaban J connectivity index is 1.34. The van der Waals surface area contributed by atoms with Crippen LogP contribution in [-0.4, -0.2) is 56.7 Å². The highest BCUT2D eigenvalue weighted by atomic mass is 16.2. The average Bonchev–Trinajstić information content (AvgIpc) is 3.20. The molecule has 0 bridgehead atoms. The third-order valence-electron chi connectivity index (χ3n) is 6.15. The Kier molecular flexibility index (Phi) is 4.77. The lowest BCUT2D eigenvalue weighted by Crippen LogP contribution is -2.51. The number of hydrogen-bond acceptors (Lipinski definition) is 5. The van der Waals surface area contributed by atoms with Gasteiger partial charge in [0.25, 0.3) is 5.78 Å². The number of nitrogens with one attached hydrogen (secondary N) is 1. The number of urea groups is 1. The van der Waals surface area contributed by atoms with Crippen LogP contribution in [0.4, 0.5) is 16.3 Å². The minimum atomic E-state index is -0.0447. The van der Waals surface area contributed by atoms with Crippen LogP contribution in [0.15, 0.2) is 30.6 Å². The predicted octanol–water partition coefficient (Wildman–Crippen LogP) is 2.91.